The van der Waals surface area contributed by atoms with Gasteiger partial charge in [-0.15, -0.1) is 0 Å². The van der Waals surface area contributed by atoms with Gasteiger partial charge in [-0.25, -0.2) is 0 Å². The molecule has 3 rings (SSSR count). The zero-order chi connectivity index (χ0) is 15.7. The molecule has 1 aromatic carbocycles. The van der Waals surface area contributed by atoms with E-state index in [0.29, 0.717) is 5.92 Å². The van der Waals surface area contributed by atoms with Crippen molar-refractivity contribution < 1.29 is 13.2 Å². The molecule has 1 N–H and O–H groups in total. The van der Waals surface area contributed by atoms with E-state index in [4.69, 9.17) is 0 Å². The number of nitrogens with zero attached hydrogens (tertiary/aromatic N) is 1. The van der Waals surface area contributed by atoms with Crippen LogP contribution in [0.25, 0.3) is 0 Å². The maximum atomic E-state index is 13.0. The minimum Gasteiger partial charge on any atom is -0.314 e. The van der Waals surface area contributed by atoms with Gasteiger partial charge in [0.15, 0.2) is 0 Å². The second-order valence-corrected chi connectivity index (χ2v) is 7.07. The van der Waals surface area contributed by atoms with Gasteiger partial charge in [-0.2, -0.15) is 13.2 Å². The predicted molar refractivity (Wildman–Crippen MR) is 83.7 cm³/mol. The number of hydrogen-bond acceptors (Lipinski definition) is 2. The summed E-state index contributed by atoms with van der Waals surface area (Å²) < 4.78 is 39.9. The van der Waals surface area contributed by atoms with E-state index in [0.717, 1.165) is 48.7 Å². The maximum absolute atomic E-state index is 13.0. The third kappa shape index (κ3) is 3.84. The average molecular weight is 377 g/mol. The largest absolute Gasteiger partial charge is 0.416 e. The summed E-state index contributed by atoms with van der Waals surface area (Å²) in [6.07, 6.45) is -0.915. The SMILES string of the molecule is FC(F)(F)c1ccc(Br)c([C@@H](CC2CC2)N2CCNCC2)c1. The van der Waals surface area contributed by atoms with E-state index in [1.54, 1.807) is 6.07 Å². The van der Waals surface area contributed by atoms with Gasteiger partial charge in [0.05, 0.1) is 5.56 Å². The van der Waals surface area contributed by atoms with Crippen molar-refractivity contribution in [3.63, 3.8) is 0 Å². The Bertz CT molecular complexity index is 523. The standard InChI is InChI=1S/C16H20BrF3N2/c17-14-4-3-12(16(18,19)20)10-13(14)15(9-11-1-2-11)22-7-5-21-6-8-22/h3-4,10-11,15,21H,1-2,5-9H2/t15-/m1/s1. The fourth-order valence-electron chi connectivity index (χ4n) is 3.11. The summed E-state index contributed by atoms with van der Waals surface area (Å²) in [5.74, 6) is 0.668. The summed E-state index contributed by atoms with van der Waals surface area (Å²) in [5, 5.41) is 3.31. The molecule has 2 fully saturated rings. The third-order valence-corrected chi connectivity index (χ3v) is 5.25. The number of benzene rings is 1. The normalized spacial score (nSPS) is 21.8. The lowest BCUT2D eigenvalue weighted by molar-refractivity contribution is -0.137. The topological polar surface area (TPSA) is 15.3 Å². The number of alkyl halides is 3. The Kier molecular flexibility index (Phi) is 4.80. The first-order valence-electron chi connectivity index (χ1n) is 7.76. The molecule has 1 saturated heterocycles. The van der Waals surface area contributed by atoms with E-state index < -0.39 is 11.7 Å². The summed E-state index contributed by atoms with van der Waals surface area (Å²) in [5.41, 5.74) is 0.227. The van der Waals surface area contributed by atoms with Gasteiger partial charge in [-0.1, -0.05) is 28.8 Å². The fraction of sp³-hybridized carbons (Fsp3) is 0.625. The second kappa shape index (κ2) is 6.49. The van der Waals surface area contributed by atoms with E-state index in [9.17, 15) is 13.2 Å². The van der Waals surface area contributed by atoms with Gasteiger partial charge >= 0.3 is 6.18 Å². The van der Waals surface area contributed by atoms with Crippen molar-refractivity contribution in [1.82, 2.24) is 10.2 Å². The van der Waals surface area contributed by atoms with Crippen LogP contribution in [0.4, 0.5) is 13.2 Å². The average Bonchev–Trinajstić information content (AvgIpc) is 3.29. The first kappa shape index (κ1) is 16.3. The Morgan fingerprint density at radius 3 is 2.50 bits per heavy atom. The highest BCUT2D eigenvalue weighted by molar-refractivity contribution is 9.10. The summed E-state index contributed by atoms with van der Waals surface area (Å²) in [4.78, 5) is 2.33. The monoisotopic (exact) mass is 376 g/mol. The van der Waals surface area contributed by atoms with Crippen LogP contribution in [0.15, 0.2) is 22.7 Å². The molecule has 1 atom stereocenters. The van der Waals surface area contributed by atoms with E-state index >= 15 is 0 Å². The Labute approximate surface area is 137 Å². The van der Waals surface area contributed by atoms with Crippen LogP contribution in [0.5, 0.6) is 0 Å². The molecule has 1 aliphatic heterocycles. The van der Waals surface area contributed by atoms with Crippen LogP contribution in [-0.2, 0) is 6.18 Å². The molecule has 1 aromatic rings. The molecule has 2 nitrogen and oxygen atoms in total. The molecular weight excluding hydrogens is 357 g/mol. The predicted octanol–water partition coefficient (Wildman–Crippen LogP) is 4.21. The van der Waals surface area contributed by atoms with E-state index in [-0.39, 0.29) is 6.04 Å². The second-order valence-electron chi connectivity index (χ2n) is 6.21. The maximum Gasteiger partial charge on any atom is 0.416 e. The molecule has 2 aliphatic rings. The summed E-state index contributed by atoms with van der Waals surface area (Å²) in [6.45, 7) is 3.58. The van der Waals surface area contributed by atoms with Gasteiger partial charge in [0, 0.05) is 36.7 Å². The first-order chi connectivity index (χ1) is 10.4. The van der Waals surface area contributed by atoms with Crippen molar-refractivity contribution in [3.8, 4) is 0 Å². The van der Waals surface area contributed by atoms with Crippen LogP contribution < -0.4 is 5.32 Å². The van der Waals surface area contributed by atoms with Crippen molar-refractivity contribution in [2.45, 2.75) is 31.5 Å². The van der Waals surface area contributed by atoms with Gasteiger partial charge in [0.2, 0.25) is 0 Å². The van der Waals surface area contributed by atoms with Crippen LogP contribution in [0.3, 0.4) is 0 Å². The highest BCUT2D eigenvalue weighted by atomic mass is 79.9. The van der Waals surface area contributed by atoms with Crippen LogP contribution in [-0.4, -0.2) is 31.1 Å². The molecule has 0 bridgehead atoms. The van der Waals surface area contributed by atoms with Crippen molar-refractivity contribution >= 4 is 15.9 Å². The zero-order valence-corrected chi connectivity index (χ0v) is 13.9. The Morgan fingerprint density at radius 2 is 1.91 bits per heavy atom. The molecular formula is C16H20BrF3N2. The molecule has 1 heterocycles. The van der Waals surface area contributed by atoms with Crippen molar-refractivity contribution in [3.05, 3.63) is 33.8 Å². The highest BCUT2D eigenvalue weighted by Gasteiger charge is 2.35. The van der Waals surface area contributed by atoms with Crippen molar-refractivity contribution in [2.24, 2.45) is 5.92 Å². The first-order valence-corrected chi connectivity index (χ1v) is 8.56. The smallest absolute Gasteiger partial charge is 0.314 e. The van der Waals surface area contributed by atoms with Gasteiger partial charge in [0.25, 0.3) is 0 Å². The molecule has 22 heavy (non-hydrogen) atoms. The van der Waals surface area contributed by atoms with E-state index in [2.05, 4.69) is 26.1 Å². The molecule has 0 radical (unpaired) electrons. The van der Waals surface area contributed by atoms with E-state index in [1.807, 2.05) is 0 Å². The molecule has 0 unspecified atom stereocenters. The van der Waals surface area contributed by atoms with Crippen molar-refractivity contribution in [1.29, 1.82) is 0 Å². The van der Waals surface area contributed by atoms with Gasteiger partial charge in [-0.3, -0.25) is 4.90 Å². The van der Waals surface area contributed by atoms with Gasteiger partial charge in [-0.05, 0) is 36.1 Å². The quantitative estimate of drug-likeness (QED) is 0.846. The van der Waals surface area contributed by atoms with E-state index in [1.165, 1.54) is 18.9 Å². The highest BCUT2D eigenvalue weighted by Crippen LogP contribution is 2.43. The Hall–Kier alpha value is -0.590. The lowest BCUT2D eigenvalue weighted by Crippen LogP contribution is -2.45. The minimum absolute atomic E-state index is 0.0753. The third-order valence-electron chi connectivity index (χ3n) is 4.53. The fourth-order valence-corrected chi connectivity index (χ4v) is 3.62. The van der Waals surface area contributed by atoms with Crippen LogP contribution >= 0.6 is 15.9 Å². The Balaban J connectivity index is 1.91. The number of hydrogen-bond donors (Lipinski definition) is 1. The molecule has 0 aromatic heterocycles. The molecule has 0 amide bonds. The van der Waals surface area contributed by atoms with Crippen LogP contribution in [0.2, 0.25) is 0 Å². The number of halogens is 4. The van der Waals surface area contributed by atoms with Gasteiger partial charge in [0.1, 0.15) is 0 Å². The molecule has 0 spiro atoms. The molecule has 1 saturated carbocycles. The lowest BCUT2D eigenvalue weighted by atomic mass is 9.97. The van der Waals surface area contributed by atoms with Crippen LogP contribution in [0, 0.1) is 5.92 Å². The molecule has 122 valence electrons. The number of rotatable bonds is 4. The molecule has 6 heteroatoms. The molecule has 1 aliphatic carbocycles. The minimum atomic E-state index is -4.29. The van der Waals surface area contributed by atoms with Crippen LogP contribution in [0.1, 0.15) is 36.4 Å². The van der Waals surface area contributed by atoms with Crippen molar-refractivity contribution in [2.75, 3.05) is 26.2 Å². The lowest BCUT2D eigenvalue weighted by Gasteiger charge is -2.36. The Morgan fingerprint density at radius 1 is 1.23 bits per heavy atom. The summed E-state index contributed by atoms with van der Waals surface area (Å²) >= 11 is 3.47. The summed E-state index contributed by atoms with van der Waals surface area (Å²) in [7, 11) is 0. The number of piperazine rings is 1. The number of nitrogens with one attached hydrogen (secondary N) is 1. The zero-order valence-electron chi connectivity index (χ0n) is 12.3. The summed E-state index contributed by atoms with van der Waals surface area (Å²) in [6, 6.07) is 4.10. The van der Waals surface area contributed by atoms with Gasteiger partial charge < -0.3 is 5.32 Å².